The van der Waals surface area contributed by atoms with Crippen molar-refractivity contribution >= 4 is 5.84 Å². The largest absolute Gasteiger partial charge is 0.387 e. The topological polar surface area (TPSA) is 38.4 Å². The molecule has 0 aromatic carbocycles. The van der Waals surface area contributed by atoms with Crippen LogP contribution in [-0.4, -0.2) is 11.9 Å². The van der Waals surface area contributed by atoms with Gasteiger partial charge in [-0.15, -0.1) is 0 Å². The van der Waals surface area contributed by atoms with Gasteiger partial charge in [0.05, 0.1) is 11.9 Å². The maximum Gasteiger partial charge on any atom is 0.0940 e. The molecular weight excluding hydrogens is 160 g/mol. The van der Waals surface area contributed by atoms with Crippen LogP contribution < -0.4 is 5.73 Å². The van der Waals surface area contributed by atoms with E-state index in [2.05, 4.69) is 25.8 Å². The second kappa shape index (κ2) is 4.12. The van der Waals surface area contributed by atoms with Gasteiger partial charge in [-0.3, -0.25) is 4.99 Å². The fourth-order valence-corrected chi connectivity index (χ4v) is 2.06. The van der Waals surface area contributed by atoms with Gasteiger partial charge in [0.25, 0.3) is 0 Å². The molecule has 1 aliphatic rings. The fourth-order valence-electron chi connectivity index (χ4n) is 2.06. The third-order valence-corrected chi connectivity index (χ3v) is 2.80. The van der Waals surface area contributed by atoms with Crippen LogP contribution >= 0.6 is 0 Å². The van der Waals surface area contributed by atoms with Gasteiger partial charge in [0.15, 0.2) is 0 Å². The van der Waals surface area contributed by atoms with Gasteiger partial charge in [-0.1, -0.05) is 20.8 Å². The lowest BCUT2D eigenvalue weighted by molar-refractivity contribution is 0.376. The highest BCUT2D eigenvalue weighted by Crippen LogP contribution is 2.38. The summed E-state index contributed by atoms with van der Waals surface area (Å²) in [5.74, 6) is 0.852. The monoisotopic (exact) mass is 182 g/mol. The molecule has 2 nitrogen and oxygen atoms in total. The summed E-state index contributed by atoms with van der Waals surface area (Å²) in [6.45, 7) is 6.78. The Kier molecular flexibility index (Phi) is 3.34. The SMILES string of the molecule is CCCC(N)=NC1CCC(C)(C)C1. The summed E-state index contributed by atoms with van der Waals surface area (Å²) in [5, 5.41) is 0. The van der Waals surface area contributed by atoms with E-state index >= 15 is 0 Å². The highest BCUT2D eigenvalue weighted by Gasteiger charge is 2.30. The second-order valence-electron chi connectivity index (χ2n) is 4.93. The molecule has 76 valence electrons. The van der Waals surface area contributed by atoms with Crippen molar-refractivity contribution in [1.82, 2.24) is 0 Å². The average molecular weight is 182 g/mol. The first-order chi connectivity index (χ1) is 6.03. The second-order valence-corrected chi connectivity index (χ2v) is 4.93. The summed E-state index contributed by atoms with van der Waals surface area (Å²) in [5.41, 5.74) is 6.29. The number of nitrogens with zero attached hydrogens (tertiary/aromatic N) is 1. The lowest BCUT2D eigenvalue weighted by atomic mass is 9.92. The third-order valence-electron chi connectivity index (χ3n) is 2.80. The van der Waals surface area contributed by atoms with Crippen LogP contribution in [0.4, 0.5) is 0 Å². The van der Waals surface area contributed by atoms with Crippen molar-refractivity contribution in [3.8, 4) is 0 Å². The van der Waals surface area contributed by atoms with Gasteiger partial charge in [-0.05, 0) is 31.1 Å². The molecule has 2 N–H and O–H groups in total. The Morgan fingerprint density at radius 2 is 2.23 bits per heavy atom. The Morgan fingerprint density at radius 3 is 2.69 bits per heavy atom. The Morgan fingerprint density at radius 1 is 1.54 bits per heavy atom. The van der Waals surface area contributed by atoms with E-state index in [1.807, 2.05) is 0 Å². The highest BCUT2D eigenvalue weighted by atomic mass is 14.9. The van der Waals surface area contributed by atoms with Crippen molar-refractivity contribution < 1.29 is 0 Å². The van der Waals surface area contributed by atoms with Crippen molar-refractivity contribution in [2.75, 3.05) is 0 Å². The Hall–Kier alpha value is -0.530. The zero-order valence-electron chi connectivity index (χ0n) is 9.14. The van der Waals surface area contributed by atoms with Crippen LogP contribution in [0.2, 0.25) is 0 Å². The van der Waals surface area contributed by atoms with Crippen LogP contribution in [0.15, 0.2) is 4.99 Å². The number of aliphatic imine (C=N–C) groups is 1. The predicted molar refractivity (Wildman–Crippen MR) is 58.0 cm³/mol. The quantitative estimate of drug-likeness (QED) is 0.529. The summed E-state index contributed by atoms with van der Waals surface area (Å²) < 4.78 is 0. The number of amidine groups is 1. The minimum Gasteiger partial charge on any atom is -0.387 e. The molecule has 1 fully saturated rings. The Labute approximate surface area is 81.6 Å². The highest BCUT2D eigenvalue weighted by molar-refractivity contribution is 5.80. The first kappa shape index (κ1) is 10.6. The molecule has 0 saturated heterocycles. The molecule has 0 radical (unpaired) electrons. The third kappa shape index (κ3) is 3.37. The first-order valence-corrected chi connectivity index (χ1v) is 5.35. The van der Waals surface area contributed by atoms with Crippen molar-refractivity contribution in [1.29, 1.82) is 0 Å². The van der Waals surface area contributed by atoms with Gasteiger partial charge in [-0.2, -0.15) is 0 Å². The molecule has 0 aliphatic heterocycles. The van der Waals surface area contributed by atoms with Crippen LogP contribution in [0.25, 0.3) is 0 Å². The summed E-state index contributed by atoms with van der Waals surface area (Å²) in [6.07, 6.45) is 5.78. The smallest absolute Gasteiger partial charge is 0.0940 e. The van der Waals surface area contributed by atoms with Gasteiger partial charge in [-0.25, -0.2) is 0 Å². The Balaban J connectivity index is 2.43. The number of hydrogen-bond acceptors (Lipinski definition) is 1. The normalized spacial score (nSPS) is 27.9. The molecule has 0 bridgehead atoms. The van der Waals surface area contributed by atoms with Gasteiger partial charge < -0.3 is 5.73 Å². The van der Waals surface area contributed by atoms with E-state index in [4.69, 9.17) is 5.73 Å². The van der Waals surface area contributed by atoms with Gasteiger partial charge in [0.2, 0.25) is 0 Å². The molecule has 1 atom stereocenters. The van der Waals surface area contributed by atoms with E-state index in [9.17, 15) is 0 Å². The molecule has 0 spiro atoms. The van der Waals surface area contributed by atoms with E-state index in [1.165, 1.54) is 19.3 Å². The van der Waals surface area contributed by atoms with Crippen LogP contribution in [-0.2, 0) is 0 Å². The fraction of sp³-hybridized carbons (Fsp3) is 0.909. The average Bonchev–Trinajstić information content (AvgIpc) is 2.30. The van der Waals surface area contributed by atoms with Crippen LogP contribution in [0, 0.1) is 5.41 Å². The number of hydrogen-bond donors (Lipinski definition) is 1. The molecule has 2 heteroatoms. The van der Waals surface area contributed by atoms with Gasteiger partial charge in [0, 0.05) is 6.42 Å². The molecule has 1 aliphatic carbocycles. The van der Waals surface area contributed by atoms with Crippen molar-refractivity contribution in [3.63, 3.8) is 0 Å². The van der Waals surface area contributed by atoms with Gasteiger partial charge in [0.1, 0.15) is 0 Å². The summed E-state index contributed by atoms with van der Waals surface area (Å²) in [4.78, 5) is 4.56. The summed E-state index contributed by atoms with van der Waals surface area (Å²) >= 11 is 0. The van der Waals surface area contributed by atoms with Crippen molar-refractivity contribution in [3.05, 3.63) is 0 Å². The van der Waals surface area contributed by atoms with Crippen LogP contribution in [0.1, 0.15) is 52.9 Å². The molecule has 1 saturated carbocycles. The van der Waals surface area contributed by atoms with E-state index in [-0.39, 0.29) is 0 Å². The molecule has 0 aromatic heterocycles. The number of rotatable bonds is 3. The Bertz CT molecular complexity index is 194. The molecule has 0 amide bonds. The molecule has 13 heavy (non-hydrogen) atoms. The predicted octanol–water partition coefficient (Wildman–Crippen LogP) is 2.72. The zero-order chi connectivity index (χ0) is 9.90. The molecular formula is C11H22N2. The zero-order valence-corrected chi connectivity index (χ0v) is 9.14. The van der Waals surface area contributed by atoms with E-state index in [0.717, 1.165) is 18.7 Å². The van der Waals surface area contributed by atoms with Gasteiger partial charge >= 0.3 is 0 Å². The minimum absolute atomic E-state index is 0.487. The standard InChI is InChI=1S/C11H22N2/c1-4-5-10(12)13-9-6-7-11(2,3)8-9/h9H,4-8H2,1-3H3,(H2,12,13). The molecule has 0 heterocycles. The molecule has 1 unspecified atom stereocenters. The summed E-state index contributed by atoms with van der Waals surface area (Å²) in [6, 6.07) is 0.501. The lowest BCUT2D eigenvalue weighted by Gasteiger charge is -2.15. The van der Waals surface area contributed by atoms with Crippen molar-refractivity contribution in [2.45, 2.75) is 58.9 Å². The molecule has 1 rings (SSSR count). The first-order valence-electron chi connectivity index (χ1n) is 5.35. The van der Waals surface area contributed by atoms with Crippen LogP contribution in [0.3, 0.4) is 0 Å². The van der Waals surface area contributed by atoms with Crippen LogP contribution in [0.5, 0.6) is 0 Å². The van der Waals surface area contributed by atoms with Crippen molar-refractivity contribution in [2.24, 2.45) is 16.1 Å². The maximum atomic E-state index is 5.80. The molecule has 0 aromatic rings. The van der Waals surface area contributed by atoms with E-state index in [0.29, 0.717) is 11.5 Å². The maximum absolute atomic E-state index is 5.80. The minimum atomic E-state index is 0.487. The lowest BCUT2D eigenvalue weighted by Crippen LogP contribution is -2.15. The van der Waals surface area contributed by atoms with E-state index < -0.39 is 0 Å². The summed E-state index contributed by atoms with van der Waals surface area (Å²) in [7, 11) is 0. The number of nitrogens with two attached hydrogens (primary N) is 1. The van der Waals surface area contributed by atoms with E-state index in [1.54, 1.807) is 0 Å².